The minimum absolute atomic E-state index is 0.330. The van der Waals surface area contributed by atoms with Crippen LogP contribution >= 0.6 is 0 Å². The lowest BCUT2D eigenvalue weighted by Crippen LogP contribution is -2.21. The molecule has 0 saturated heterocycles. The summed E-state index contributed by atoms with van der Waals surface area (Å²) in [6.45, 7) is 4.73. The normalized spacial score (nSPS) is 13.2. The topological polar surface area (TPSA) is 60.9 Å². The molecule has 0 fully saturated rings. The zero-order valence-corrected chi connectivity index (χ0v) is 10.3. The van der Waals surface area contributed by atoms with Crippen molar-refractivity contribution in [2.24, 2.45) is 5.92 Å². The molecule has 1 aromatic carbocycles. The third kappa shape index (κ3) is 3.20. The van der Waals surface area contributed by atoms with Gasteiger partial charge in [-0.05, 0) is 24.5 Å². The number of H-pyrrole nitrogens is 1. The molecule has 4 nitrogen and oxygen atoms in total. The number of para-hydroxylation sites is 2. The molecule has 0 radical (unpaired) electrons. The second kappa shape index (κ2) is 5.19. The molecule has 4 heteroatoms. The van der Waals surface area contributed by atoms with Crippen LogP contribution in [-0.4, -0.2) is 27.7 Å². The third-order valence-corrected chi connectivity index (χ3v) is 2.64. The summed E-state index contributed by atoms with van der Waals surface area (Å²) in [5, 5.41) is 12.9. The highest BCUT2D eigenvalue weighted by Crippen LogP contribution is 2.13. The van der Waals surface area contributed by atoms with Gasteiger partial charge < -0.3 is 15.4 Å². The van der Waals surface area contributed by atoms with Gasteiger partial charge in [0.05, 0.1) is 17.1 Å². The highest BCUT2D eigenvalue weighted by molar-refractivity contribution is 5.77. The van der Waals surface area contributed by atoms with Gasteiger partial charge in [-0.15, -0.1) is 0 Å². The average molecular weight is 233 g/mol. The van der Waals surface area contributed by atoms with Crippen molar-refractivity contribution in [1.29, 1.82) is 0 Å². The van der Waals surface area contributed by atoms with E-state index in [1.807, 2.05) is 24.3 Å². The number of anilines is 1. The predicted molar refractivity (Wildman–Crippen MR) is 70.0 cm³/mol. The lowest BCUT2D eigenvalue weighted by Gasteiger charge is -2.13. The van der Waals surface area contributed by atoms with Gasteiger partial charge in [0.1, 0.15) is 0 Å². The van der Waals surface area contributed by atoms with Gasteiger partial charge in [-0.25, -0.2) is 4.98 Å². The maximum absolute atomic E-state index is 9.75. The molecule has 0 aliphatic rings. The number of imidazole rings is 1. The largest absolute Gasteiger partial charge is 0.391 e. The van der Waals surface area contributed by atoms with Crippen molar-refractivity contribution in [2.45, 2.75) is 26.4 Å². The second-order valence-electron chi connectivity index (χ2n) is 4.77. The quantitative estimate of drug-likeness (QED) is 0.743. The Hall–Kier alpha value is -1.55. The van der Waals surface area contributed by atoms with Gasteiger partial charge >= 0.3 is 0 Å². The van der Waals surface area contributed by atoms with E-state index in [2.05, 4.69) is 29.1 Å². The lowest BCUT2D eigenvalue weighted by molar-refractivity contribution is 0.161. The van der Waals surface area contributed by atoms with Gasteiger partial charge in [-0.3, -0.25) is 0 Å². The van der Waals surface area contributed by atoms with Gasteiger partial charge in [-0.1, -0.05) is 26.0 Å². The number of hydrogen-bond acceptors (Lipinski definition) is 3. The van der Waals surface area contributed by atoms with E-state index in [1.165, 1.54) is 0 Å². The molecule has 2 aromatic rings. The van der Waals surface area contributed by atoms with Crippen LogP contribution in [0.3, 0.4) is 0 Å². The molecular formula is C13H19N3O. The van der Waals surface area contributed by atoms with Crippen molar-refractivity contribution in [2.75, 3.05) is 11.9 Å². The first-order valence-corrected chi connectivity index (χ1v) is 6.02. The fourth-order valence-electron chi connectivity index (χ4n) is 1.88. The monoisotopic (exact) mass is 233 g/mol. The number of aromatic amines is 1. The maximum Gasteiger partial charge on any atom is 0.201 e. The van der Waals surface area contributed by atoms with E-state index in [0.29, 0.717) is 18.4 Å². The fraction of sp³-hybridized carbons (Fsp3) is 0.462. The molecule has 0 saturated carbocycles. The summed E-state index contributed by atoms with van der Waals surface area (Å²) in [5.74, 6) is 1.22. The number of hydrogen-bond donors (Lipinski definition) is 3. The molecule has 0 aliphatic heterocycles. The zero-order chi connectivity index (χ0) is 12.3. The first kappa shape index (κ1) is 11.9. The third-order valence-electron chi connectivity index (χ3n) is 2.64. The van der Waals surface area contributed by atoms with Crippen LogP contribution in [0.15, 0.2) is 24.3 Å². The van der Waals surface area contributed by atoms with Crippen molar-refractivity contribution >= 4 is 17.0 Å². The maximum atomic E-state index is 9.75. The lowest BCUT2D eigenvalue weighted by atomic mass is 10.1. The molecule has 0 bridgehead atoms. The van der Waals surface area contributed by atoms with Crippen molar-refractivity contribution in [3.63, 3.8) is 0 Å². The molecule has 0 amide bonds. The van der Waals surface area contributed by atoms with Gasteiger partial charge in [0.15, 0.2) is 0 Å². The molecule has 92 valence electrons. The molecular weight excluding hydrogens is 214 g/mol. The van der Waals surface area contributed by atoms with Crippen LogP contribution in [0, 0.1) is 5.92 Å². The number of fused-ring (bicyclic) bond motifs is 1. The first-order valence-electron chi connectivity index (χ1n) is 6.02. The van der Waals surface area contributed by atoms with Crippen LogP contribution in [-0.2, 0) is 0 Å². The van der Waals surface area contributed by atoms with Crippen LogP contribution in [0.2, 0.25) is 0 Å². The van der Waals surface area contributed by atoms with Gasteiger partial charge in [0.25, 0.3) is 0 Å². The Bertz CT molecular complexity index is 445. The minimum atomic E-state index is -0.330. The zero-order valence-electron chi connectivity index (χ0n) is 10.3. The predicted octanol–water partition coefficient (Wildman–Crippen LogP) is 2.38. The standard InChI is InChI=1S/C13H19N3O/c1-9(2)7-10(17)8-14-13-15-11-5-3-4-6-12(11)16-13/h3-6,9-10,17H,7-8H2,1-2H3,(H2,14,15,16). The summed E-state index contributed by atoms with van der Waals surface area (Å²) in [4.78, 5) is 7.56. The van der Waals surface area contributed by atoms with E-state index < -0.39 is 0 Å². The van der Waals surface area contributed by atoms with Crippen molar-refractivity contribution in [1.82, 2.24) is 9.97 Å². The van der Waals surface area contributed by atoms with E-state index in [4.69, 9.17) is 0 Å². The Labute approximate surface area is 101 Å². The molecule has 2 rings (SSSR count). The summed E-state index contributed by atoms with van der Waals surface area (Å²) < 4.78 is 0. The van der Waals surface area contributed by atoms with Crippen LogP contribution in [0.25, 0.3) is 11.0 Å². The smallest absolute Gasteiger partial charge is 0.201 e. The number of rotatable bonds is 5. The number of aliphatic hydroxyl groups excluding tert-OH is 1. The Balaban J connectivity index is 1.95. The summed E-state index contributed by atoms with van der Waals surface area (Å²) in [7, 11) is 0. The highest BCUT2D eigenvalue weighted by Gasteiger charge is 2.08. The van der Waals surface area contributed by atoms with Crippen LogP contribution in [0.5, 0.6) is 0 Å². The van der Waals surface area contributed by atoms with E-state index in [0.717, 1.165) is 17.5 Å². The summed E-state index contributed by atoms with van der Waals surface area (Å²) >= 11 is 0. The molecule has 1 aromatic heterocycles. The molecule has 3 N–H and O–H groups in total. The Kier molecular flexibility index (Phi) is 3.64. The van der Waals surface area contributed by atoms with E-state index in [1.54, 1.807) is 0 Å². The molecule has 17 heavy (non-hydrogen) atoms. The van der Waals surface area contributed by atoms with Crippen molar-refractivity contribution in [3.05, 3.63) is 24.3 Å². The highest BCUT2D eigenvalue weighted by atomic mass is 16.3. The van der Waals surface area contributed by atoms with Crippen molar-refractivity contribution in [3.8, 4) is 0 Å². The van der Waals surface area contributed by atoms with Crippen LogP contribution < -0.4 is 5.32 Å². The number of nitrogens with one attached hydrogen (secondary N) is 2. The van der Waals surface area contributed by atoms with E-state index >= 15 is 0 Å². The van der Waals surface area contributed by atoms with Gasteiger partial charge in [0.2, 0.25) is 5.95 Å². The summed E-state index contributed by atoms with van der Waals surface area (Å²) in [5.41, 5.74) is 1.95. The van der Waals surface area contributed by atoms with Crippen LogP contribution in [0.1, 0.15) is 20.3 Å². The Morgan fingerprint density at radius 1 is 1.35 bits per heavy atom. The number of aliphatic hydroxyl groups is 1. The molecule has 1 unspecified atom stereocenters. The minimum Gasteiger partial charge on any atom is -0.391 e. The number of nitrogens with zero attached hydrogens (tertiary/aromatic N) is 1. The summed E-state index contributed by atoms with van der Waals surface area (Å²) in [6.07, 6.45) is 0.468. The van der Waals surface area contributed by atoms with E-state index in [-0.39, 0.29) is 6.10 Å². The SMILES string of the molecule is CC(C)CC(O)CNc1nc2ccccc2[nH]1. The average Bonchev–Trinajstić information content (AvgIpc) is 2.68. The van der Waals surface area contributed by atoms with Gasteiger partial charge in [-0.2, -0.15) is 0 Å². The summed E-state index contributed by atoms with van der Waals surface area (Å²) in [6, 6.07) is 7.87. The number of aromatic nitrogens is 2. The molecule has 1 atom stereocenters. The van der Waals surface area contributed by atoms with Gasteiger partial charge in [0, 0.05) is 6.54 Å². The fourth-order valence-corrected chi connectivity index (χ4v) is 1.88. The van der Waals surface area contributed by atoms with Crippen LogP contribution in [0.4, 0.5) is 5.95 Å². The van der Waals surface area contributed by atoms with E-state index in [9.17, 15) is 5.11 Å². The Morgan fingerprint density at radius 2 is 2.12 bits per heavy atom. The molecule has 0 spiro atoms. The number of benzene rings is 1. The first-order chi connectivity index (χ1) is 8.15. The second-order valence-corrected chi connectivity index (χ2v) is 4.77. The Morgan fingerprint density at radius 3 is 2.82 bits per heavy atom. The van der Waals surface area contributed by atoms with Crippen molar-refractivity contribution < 1.29 is 5.11 Å². The molecule has 0 aliphatic carbocycles. The molecule has 1 heterocycles.